The van der Waals surface area contributed by atoms with E-state index < -0.39 is 28.3 Å². The van der Waals surface area contributed by atoms with Crippen molar-refractivity contribution in [3.63, 3.8) is 0 Å². The molecular formula is C19H28N4O5S2. The molecule has 0 radical (unpaired) electrons. The number of sulfonamides is 1. The SMILES string of the molecule is CC(C)c1cncc(C(C)C)c1NC(=O)NS(=O)(=O)c1sc(C(C)(C)O)nc1CO. The highest BCUT2D eigenvalue weighted by Gasteiger charge is 2.30. The quantitative estimate of drug-likeness (QED) is 0.502. The van der Waals surface area contributed by atoms with Crippen molar-refractivity contribution in [3.8, 4) is 0 Å². The van der Waals surface area contributed by atoms with Gasteiger partial charge in [-0.2, -0.15) is 0 Å². The second kappa shape index (κ2) is 8.96. The van der Waals surface area contributed by atoms with Crippen LogP contribution in [0.3, 0.4) is 0 Å². The van der Waals surface area contributed by atoms with Gasteiger partial charge in [-0.1, -0.05) is 27.7 Å². The minimum Gasteiger partial charge on any atom is -0.390 e. The first kappa shape index (κ1) is 24.2. The van der Waals surface area contributed by atoms with Gasteiger partial charge in [0.15, 0.2) is 4.21 Å². The molecule has 0 saturated carbocycles. The summed E-state index contributed by atoms with van der Waals surface area (Å²) in [5, 5.41) is 22.3. The van der Waals surface area contributed by atoms with Crippen LogP contribution in [0.1, 0.15) is 75.2 Å². The van der Waals surface area contributed by atoms with Gasteiger partial charge in [-0.3, -0.25) is 4.98 Å². The Bertz CT molecular complexity index is 998. The van der Waals surface area contributed by atoms with Crippen molar-refractivity contribution in [3.05, 3.63) is 34.2 Å². The lowest BCUT2D eigenvalue weighted by Gasteiger charge is -2.19. The van der Waals surface area contributed by atoms with Gasteiger partial charge in [0.25, 0.3) is 10.0 Å². The third kappa shape index (κ3) is 5.34. The molecule has 2 heterocycles. The first-order valence-electron chi connectivity index (χ1n) is 9.43. The van der Waals surface area contributed by atoms with Crippen molar-refractivity contribution in [2.45, 2.75) is 69.8 Å². The number of carbonyl (C=O) groups is 1. The minimum atomic E-state index is -4.32. The normalized spacial score (nSPS) is 12.5. The van der Waals surface area contributed by atoms with Crippen LogP contribution in [0.5, 0.6) is 0 Å². The molecule has 0 spiro atoms. The fourth-order valence-electron chi connectivity index (χ4n) is 2.73. The molecule has 0 aliphatic carbocycles. The van der Waals surface area contributed by atoms with Crippen molar-refractivity contribution in [1.29, 1.82) is 0 Å². The van der Waals surface area contributed by atoms with Crippen molar-refractivity contribution in [2.24, 2.45) is 0 Å². The number of hydrogen-bond donors (Lipinski definition) is 4. The number of urea groups is 1. The molecule has 0 fully saturated rings. The van der Waals surface area contributed by atoms with Gasteiger partial charge in [-0.15, -0.1) is 11.3 Å². The Morgan fingerprint density at radius 1 is 1.17 bits per heavy atom. The molecule has 11 heteroatoms. The van der Waals surface area contributed by atoms with E-state index >= 15 is 0 Å². The van der Waals surface area contributed by atoms with Crippen LogP contribution in [0.2, 0.25) is 0 Å². The lowest BCUT2D eigenvalue weighted by atomic mass is 9.95. The summed E-state index contributed by atoms with van der Waals surface area (Å²) >= 11 is 0.701. The molecule has 0 bridgehead atoms. The smallest absolute Gasteiger partial charge is 0.333 e. The topological polar surface area (TPSA) is 142 Å². The number of aliphatic hydroxyl groups is 2. The zero-order valence-corrected chi connectivity index (χ0v) is 19.5. The van der Waals surface area contributed by atoms with E-state index in [4.69, 9.17) is 0 Å². The molecule has 0 unspecified atom stereocenters. The summed E-state index contributed by atoms with van der Waals surface area (Å²) in [4.78, 5) is 20.8. The van der Waals surface area contributed by atoms with Crippen molar-refractivity contribution in [1.82, 2.24) is 14.7 Å². The Morgan fingerprint density at radius 3 is 2.13 bits per heavy atom. The number of amides is 2. The van der Waals surface area contributed by atoms with Crippen LogP contribution in [0.15, 0.2) is 16.6 Å². The number of aromatic nitrogens is 2. The van der Waals surface area contributed by atoms with Crippen LogP contribution in [-0.2, 0) is 22.2 Å². The molecule has 2 rings (SSSR count). The van der Waals surface area contributed by atoms with E-state index in [1.54, 1.807) is 12.4 Å². The molecular weight excluding hydrogens is 428 g/mol. The number of nitrogens with one attached hydrogen (secondary N) is 2. The first-order chi connectivity index (χ1) is 13.8. The summed E-state index contributed by atoms with van der Waals surface area (Å²) in [5.41, 5.74) is 0.567. The summed E-state index contributed by atoms with van der Waals surface area (Å²) in [6.45, 7) is 10.0. The highest BCUT2D eigenvalue weighted by Crippen LogP contribution is 2.33. The third-order valence-electron chi connectivity index (χ3n) is 4.29. The molecule has 2 aromatic heterocycles. The lowest BCUT2D eigenvalue weighted by molar-refractivity contribution is 0.0779. The van der Waals surface area contributed by atoms with E-state index in [0.717, 1.165) is 11.1 Å². The molecule has 0 saturated heterocycles. The van der Waals surface area contributed by atoms with Gasteiger partial charge in [-0.05, 0) is 36.8 Å². The highest BCUT2D eigenvalue weighted by atomic mass is 32.2. The molecule has 0 atom stereocenters. The second-order valence-electron chi connectivity index (χ2n) is 8.03. The van der Waals surface area contributed by atoms with Crippen LogP contribution in [0, 0.1) is 0 Å². The minimum absolute atomic E-state index is 0.0555. The Kier molecular flexibility index (Phi) is 7.23. The van der Waals surface area contributed by atoms with Gasteiger partial charge in [-0.25, -0.2) is 22.9 Å². The van der Waals surface area contributed by atoms with Gasteiger partial charge < -0.3 is 15.5 Å². The largest absolute Gasteiger partial charge is 0.390 e. The molecule has 30 heavy (non-hydrogen) atoms. The van der Waals surface area contributed by atoms with Gasteiger partial charge in [0, 0.05) is 12.4 Å². The summed E-state index contributed by atoms with van der Waals surface area (Å²) in [5.74, 6) is 0.111. The van der Waals surface area contributed by atoms with Crippen molar-refractivity contribution < 1.29 is 23.4 Å². The van der Waals surface area contributed by atoms with Crippen LogP contribution in [0.4, 0.5) is 10.5 Å². The predicted molar refractivity (Wildman–Crippen MR) is 115 cm³/mol. The van der Waals surface area contributed by atoms with Crippen molar-refractivity contribution in [2.75, 3.05) is 5.32 Å². The van der Waals surface area contributed by atoms with E-state index in [-0.39, 0.29) is 26.7 Å². The summed E-state index contributed by atoms with van der Waals surface area (Å²) in [7, 11) is -4.32. The monoisotopic (exact) mass is 456 g/mol. The molecule has 2 aromatic rings. The maximum atomic E-state index is 12.8. The summed E-state index contributed by atoms with van der Waals surface area (Å²) < 4.78 is 27.2. The number of nitrogens with zero attached hydrogens (tertiary/aromatic N) is 2. The first-order valence-corrected chi connectivity index (χ1v) is 11.7. The van der Waals surface area contributed by atoms with E-state index in [1.807, 2.05) is 32.4 Å². The van der Waals surface area contributed by atoms with Gasteiger partial charge in [0.05, 0.1) is 18.0 Å². The average molecular weight is 457 g/mol. The molecule has 0 aliphatic heterocycles. The highest BCUT2D eigenvalue weighted by molar-refractivity contribution is 7.92. The van der Waals surface area contributed by atoms with E-state index in [9.17, 15) is 23.4 Å². The van der Waals surface area contributed by atoms with Gasteiger partial charge in [0.2, 0.25) is 0 Å². The zero-order valence-electron chi connectivity index (χ0n) is 17.8. The van der Waals surface area contributed by atoms with Crippen LogP contribution >= 0.6 is 11.3 Å². The summed E-state index contributed by atoms with van der Waals surface area (Å²) in [6, 6.07) is -0.938. The number of carbonyl (C=O) groups excluding carboxylic acids is 1. The molecule has 0 aliphatic rings. The van der Waals surface area contributed by atoms with Crippen LogP contribution < -0.4 is 10.0 Å². The van der Waals surface area contributed by atoms with E-state index in [2.05, 4.69) is 15.3 Å². The Labute approximate surface area is 180 Å². The predicted octanol–water partition coefficient (Wildman–Crippen LogP) is 3.02. The number of rotatable bonds is 7. The van der Waals surface area contributed by atoms with Crippen LogP contribution in [0.25, 0.3) is 0 Å². The summed E-state index contributed by atoms with van der Waals surface area (Å²) in [6.07, 6.45) is 3.28. The molecule has 0 aromatic carbocycles. The third-order valence-corrected chi connectivity index (χ3v) is 7.58. The number of aliphatic hydroxyl groups excluding tert-OH is 1. The molecule has 9 nitrogen and oxygen atoms in total. The number of thiazole rings is 1. The number of anilines is 1. The maximum absolute atomic E-state index is 12.8. The molecule has 4 N–H and O–H groups in total. The van der Waals surface area contributed by atoms with Crippen molar-refractivity contribution >= 4 is 33.1 Å². The number of pyridine rings is 1. The average Bonchev–Trinajstić information content (AvgIpc) is 3.06. The fraction of sp³-hybridized carbons (Fsp3) is 0.526. The molecule has 166 valence electrons. The second-order valence-corrected chi connectivity index (χ2v) is 10.9. The zero-order chi connectivity index (χ0) is 22.9. The fourth-order valence-corrected chi connectivity index (χ4v) is 5.15. The van der Waals surface area contributed by atoms with E-state index in [0.29, 0.717) is 17.0 Å². The maximum Gasteiger partial charge on any atom is 0.333 e. The molecule has 2 amide bonds. The van der Waals surface area contributed by atoms with Gasteiger partial charge >= 0.3 is 6.03 Å². The number of hydrogen-bond acceptors (Lipinski definition) is 8. The lowest BCUT2D eigenvalue weighted by Crippen LogP contribution is -2.35. The Balaban J connectivity index is 2.37. The Morgan fingerprint density at radius 2 is 1.70 bits per heavy atom. The van der Waals surface area contributed by atoms with Gasteiger partial charge in [0.1, 0.15) is 10.6 Å². The Hall–Kier alpha value is -2.08. The van der Waals surface area contributed by atoms with Crippen LogP contribution in [-0.4, -0.2) is 34.6 Å². The standard InChI is InChI=1S/C19H28N4O5S2/c1-10(2)12-7-20-8-13(11(3)4)15(12)22-18(25)23-30(27,28)16-14(9-24)21-17(29-16)19(5,6)26/h7-8,10-11,24,26H,9H2,1-6H3,(H2,20,22,23,25). The van der Waals surface area contributed by atoms with E-state index in [1.165, 1.54) is 13.8 Å².